The summed E-state index contributed by atoms with van der Waals surface area (Å²) < 4.78 is 6.07. The smallest absolute Gasteiger partial charge is 0.0597 e. The van der Waals surface area contributed by atoms with Crippen LogP contribution in [0.15, 0.2) is 24.3 Å². The van der Waals surface area contributed by atoms with Crippen LogP contribution < -0.4 is 5.32 Å². The maximum Gasteiger partial charge on any atom is 0.0597 e. The van der Waals surface area contributed by atoms with Crippen molar-refractivity contribution in [2.24, 2.45) is 11.8 Å². The highest BCUT2D eigenvalue weighted by Gasteiger charge is 2.41. The van der Waals surface area contributed by atoms with Gasteiger partial charge in [-0.05, 0) is 51.6 Å². The Balaban J connectivity index is 2.14. The van der Waals surface area contributed by atoms with Gasteiger partial charge in [0.1, 0.15) is 0 Å². The topological polar surface area (TPSA) is 21.3 Å². The van der Waals surface area contributed by atoms with E-state index in [-0.39, 0.29) is 0 Å². The fourth-order valence-electron chi connectivity index (χ4n) is 3.75. The van der Waals surface area contributed by atoms with Crippen molar-refractivity contribution in [1.82, 2.24) is 5.32 Å². The summed E-state index contributed by atoms with van der Waals surface area (Å²) in [6.07, 6.45) is 2.98. The molecule has 1 aromatic rings. The molecule has 0 amide bonds. The van der Waals surface area contributed by atoms with Crippen LogP contribution in [0.4, 0.5) is 0 Å². The Morgan fingerprint density at radius 2 is 1.95 bits per heavy atom. The second kappa shape index (κ2) is 7.42. The minimum absolute atomic E-state index is 0.342. The minimum Gasteiger partial charge on any atom is -0.375 e. The van der Waals surface area contributed by atoms with E-state index in [9.17, 15) is 0 Å². The fourth-order valence-corrected chi connectivity index (χ4v) is 3.75. The molecule has 1 aromatic carbocycles. The zero-order chi connectivity index (χ0) is 15.4. The van der Waals surface area contributed by atoms with Gasteiger partial charge in [0.2, 0.25) is 0 Å². The van der Waals surface area contributed by atoms with Gasteiger partial charge in [-0.25, -0.2) is 0 Å². The fraction of sp³-hybridized carbons (Fsp3) is 0.684. The van der Waals surface area contributed by atoms with Crippen molar-refractivity contribution in [1.29, 1.82) is 0 Å². The van der Waals surface area contributed by atoms with Gasteiger partial charge in [0.05, 0.1) is 12.2 Å². The van der Waals surface area contributed by atoms with Crippen LogP contribution in [-0.2, 0) is 11.2 Å². The molecule has 2 heteroatoms. The van der Waals surface area contributed by atoms with Crippen LogP contribution >= 0.6 is 0 Å². The summed E-state index contributed by atoms with van der Waals surface area (Å²) in [5.41, 5.74) is 2.78. The lowest BCUT2D eigenvalue weighted by atomic mass is 9.81. The molecule has 0 aliphatic carbocycles. The second-order valence-electron chi connectivity index (χ2n) is 6.74. The number of benzene rings is 1. The Morgan fingerprint density at radius 1 is 1.19 bits per heavy atom. The molecular formula is C19H31NO. The lowest BCUT2D eigenvalue weighted by Crippen LogP contribution is -2.43. The predicted octanol–water partition coefficient (Wildman–Crippen LogP) is 3.97. The molecule has 5 unspecified atom stereocenters. The van der Waals surface area contributed by atoms with Gasteiger partial charge >= 0.3 is 0 Å². The maximum atomic E-state index is 6.07. The summed E-state index contributed by atoms with van der Waals surface area (Å²) in [4.78, 5) is 0. The van der Waals surface area contributed by atoms with Gasteiger partial charge in [-0.1, -0.05) is 43.7 Å². The highest BCUT2D eigenvalue weighted by molar-refractivity contribution is 5.23. The lowest BCUT2D eigenvalue weighted by Gasteiger charge is -2.30. The molecule has 1 N–H and O–H groups in total. The van der Waals surface area contributed by atoms with Crippen LogP contribution in [-0.4, -0.2) is 24.8 Å². The van der Waals surface area contributed by atoms with Crippen LogP contribution in [0.1, 0.15) is 45.2 Å². The van der Waals surface area contributed by atoms with Gasteiger partial charge in [0.15, 0.2) is 0 Å². The van der Waals surface area contributed by atoms with Gasteiger partial charge in [-0.3, -0.25) is 0 Å². The van der Waals surface area contributed by atoms with E-state index in [1.807, 2.05) is 0 Å². The van der Waals surface area contributed by atoms with E-state index < -0.39 is 0 Å². The second-order valence-corrected chi connectivity index (χ2v) is 6.74. The number of hydrogen-bond acceptors (Lipinski definition) is 2. The van der Waals surface area contributed by atoms with Crippen molar-refractivity contribution >= 4 is 0 Å². The molecule has 21 heavy (non-hydrogen) atoms. The molecule has 0 bridgehead atoms. The number of ether oxygens (including phenoxy) is 1. The van der Waals surface area contributed by atoms with Crippen molar-refractivity contribution in [3.8, 4) is 0 Å². The van der Waals surface area contributed by atoms with Gasteiger partial charge in [-0.2, -0.15) is 0 Å². The highest BCUT2D eigenvalue weighted by atomic mass is 16.5. The van der Waals surface area contributed by atoms with E-state index >= 15 is 0 Å². The van der Waals surface area contributed by atoms with Gasteiger partial charge in [-0.15, -0.1) is 0 Å². The molecule has 0 aromatic heterocycles. The first-order valence-electron chi connectivity index (χ1n) is 8.47. The summed E-state index contributed by atoms with van der Waals surface area (Å²) in [6, 6.07) is 9.41. The first-order chi connectivity index (χ1) is 10.0. The van der Waals surface area contributed by atoms with Crippen LogP contribution in [0.25, 0.3) is 0 Å². The summed E-state index contributed by atoms with van der Waals surface area (Å²) in [7, 11) is 0. The SMILES string of the molecule is CCCNC(Cc1cccc(C)c1)C1C(C)OC(C)C1C. The molecule has 1 heterocycles. The van der Waals surface area contributed by atoms with Crippen molar-refractivity contribution < 1.29 is 4.74 Å². The molecule has 0 radical (unpaired) electrons. The molecule has 1 aliphatic rings. The molecule has 1 saturated heterocycles. The summed E-state index contributed by atoms with van der Waals surface area (Å²) in [6.45, 7) is 12.3. The van der Waals surface area contributed by atoms with E-state index in [1.54, 1.807) is 0 Å². The summed E-state index contributed by atoms with van der Waals surface area (Å²) in [5.74, 6) is 1.20. The highest BCUT2D eigenvalue weighted by Crippen LogP contribution is 2.35. The third-order valence-electron chi connectivity index (χ3n) is 4.98. The molecule has 0 spiro atoms. The molecule has 5 atom stereocenters. The summed E-state index contributed by atoms with van der Waals surface area (Å²) in [5, 5.41) is 3.78. The third-order valence-corrected chi connectivity index (χ3v) is 4.98. The summed E-state index contributed by atoms with van der Waals surface area (Å²) >= 11 is 0. The molecule has 2 rings (SSSR count). The van der Waals surface area contributed by atoms with E-state index in [2.05, 4.69) is 64.2 Å². The Morgan fingerprint density at radius 3 is 2.52 bits per heavy atom. The van der Waals surface area contributed by atoms with Crippen molar-refractivity contribution in [3.63, 3.8) is 0 Å². The monoisotopic (exact) mass is 289 g/mol. The zero-order valence-electron chi connectivity index (χ0n) is 14.2. The molecule has 0 saturated carbocycles. The average Bonchev–Trinajstić information content (AvgIpc) is 2.68. The van der Waals surface area contributed by atoms with Crippen molar-refractivity contribution in [2.75, 3.05) is 6.54 Å². The molecular weight excluding hydrogens is 258 g/mol. The van der Waals surface area contributed by atoms with E-state index in [0.29, 0.717) is 30.1 Å². The predicted molar refractivity (Wildman–Crippen MR) is 89.6 cm³/mol. The number of nitrogens with one attached hydrogen (secondary N) is 1. The normalized spacial score (nSPS) is 30.5. The van der Waals surface area contributed by atoms with Crippen LogP contribution in [0, 0.1) is 18.8 Å². The van der Waals surface area contributed by atoms with Crippen molar-refractivity contribution in [3.05, 3.63) is 35.4 Å². The quantitative estimate of drug-likeness (QED) is 0.855. The maximum absolute atomic E-state index is 6.07. The molecule has 1 aliphatic heterocycles. The third kappa shape index (κ3) is 4.08. The van der Waals surface area contributed by atoms with E-state index in [0.717, 1.165) is 13.0 Å². The Hall–Kier alpha value is -0.860. The molecule has 1 fully saturated rings. The van der Waals surface area contributed by atoms with Gasteiger partial charge in [0.25, 0.3) is 0 Å². The van der Waals surface area contributed by atoms with Gasteiger partial charge in [0, 0.05) is 12.0 Å². The zero-order valence-corrected chi connectivity index (χ0v) is 14.2. The van der Waals surface area contributed by atoms with Crippen LogP contribution in [0.2, 0.25) is 0 Å². The first kappa shape index (κ1) is 16.5. The first-order valence-corrected chi connectivity index (χ1v) is 8.47. The number of rotatable bonds is 6. The van der Waals surface area contributed by atoms with E-state index in [1.165, 1.54) is 17.5 Å². The lowest BCUT2D eigenvalue weighted by molar-refractivity contribution is 0.0476. The molecule has 2 nitrogen and oxygen atoms in total. The largest absolute Gasteiger partial charge is 0.375 e. The van der Waals surface area contributed by atoms with Gasteiger partial charge < -0.3 is 10.1 Å². The number of aryl methyl sites for hydroxylation is 1. The average molecular weight is 289 g/mol. The Labute approximate surface area is 130 Å². The number of hydrogen-bond donors (Lipinski definition) is 1. The van der Waals surface area contributed by atoms with Crippen molar-refractivity contribution in [2.45, 2.75) is 65.7 Å². The molecule has 118 valence electrons. The van der Waals surface area contributed by atoms with E-state index in [4.69, 9.17) is 4.74 Å². The van der Waals surface area contributed by atoms with Crippen LogP contribution in [0.5, 0.6) is 0 Å². The Bertz CT molecular complexity index is 445. The Kier molecular flexibility index (Phi) is 5.83. The van der Waals surface area contributed by atoms with Crippen LogP contribution in [0.3, 0.4) is 0 Å². The standard InChI is InChI=1S/C19H31NO/c1-6-10-20-18(12-17-9-7-8-13(2)11-17)19-14(3)15(4)21-16(19)5/h7-9,11,14-16,18-20H,6,10,12H2,1-5H3. The minimum atomic E-state index is 0.342.